The van der Waals surface area contributed by atoms with Gasteiger partial charge in [-0.15, -0.1) is 0 Å². The molecule has 0 saturated carbocycles. The highest BCUT2D eigenvalue weighted by Crippen LogP contribution is 2.22. The van der Waals surface area contributed by atoms with Crippen LogP contribution < -0.4 is 5.73 Å². The Hall–Kier alpha value is -1.13. The van der Waals surface area contributed by atoms with Gasteiger partial charge in [-0.25, -0.2) is 4.98 Å². The second-order valence-electron chi connectivity index (χ2n) is 3.74. The van der Waals surface area contributed by atoms with Crippen LogP contribution in [0.3, 0.4) is 0 Å². The fourth-order valence-electron chi connectivity index (χ4n) is 1.81. The number of imidazole rings is 1. The van der Waals surface area contributed by atoms with Gasteiger partial charge in [-0.2, -0.15) is 0 Å². The van der Waals surface area contributed by atoms with Crippen molar-refractivity contribution >= 4 is 15.9 Å². The number of aromatic nitrogens is 2. The van der Waals surface area contributed by atoms with Crippen molar-refractivity contribution in [3.05, 3.63) is 40.1 Å². The van der Waals surface area contributed by atoms with Crippen molar-refractivity contribution in [1.29, 1.82) is 0 Å². The molecule has 0 unspecified atom stereocenters. The second kappa shape index (κ2) is 4.39. The van der Waals surface area contributed by atoms with Crippen LogP contribution in [0.1, 0.15) is 11.4 Å². The Morgan fingerprint density at radius 1 is 1.31 bits per heavy atom. The molecule has 0 bridgehead atoms. The van der Waals surface area contributed by atoms with Gasteiger partial charge in [0.15, 0.2) is 0 Å². The van der Waals surface area contributed by atoms with Gasteiger partial charge in [0.05, 0.1) is 11.4 Å². The first-order valence-electron chi connectivity index (χ1n) is 5.11. The molecular formula is C12H14BrN3. The van der Waals surface area contributed by atoms with Gasteiger partial charge in [0.2, 0.25) is 0 Å². The monoisotopic (exact) mass is 279 g/mol. The zero-order chi connectivity index (χ0) is 11.7. The molecule has 0 aliphatic heterocycles. The molecule has 0 spiro atoms. The van der Waals surface area contributed by atoms with Gasteiger partial charge in [0.1, 0.15) is 5.82 Å². The summed E-state index contributed by atoms with van der Waals surface area (Å²) in [6, 6.07) is 8.13. The quantitative estimate of drug-likeness (QED) is 0.919. The number of hydrogen-bond acceptors (Lipinski definition) is 2. The number of nitrogens with zero attached hydrogens (tertiary/aromatic N) is 2. The van der Waals surface area contributed by atoms with Crippen LogP contribution in [0.25, 0.3) is 11.4 Å². The molecule has 1 aromatic carbocycles. The van der Waals surface area contributed by atoms with E-state index in [-0.39, 0.29) is 0 Å². The fourth-order valence-corrected chi connectivity index (χ4v) is 2.08. The second-order valence-corrected chi connectivity index (χ2v) is 4.65. The van der Waals surface area contributed by atoms with Crippen LogP contribution in [-0.2, 0) is 13.6 Å². The lowest BCUT2D eigenvalue weighted by molar-refractivity contribution is 0.823. The third-order valence-corrected chi connectivity index (χ3v) is 3.24. The fraction of sp³-hybridized carbons (Fsp3) is 0.250. The summed E-state index contributed by atoms with van der Waals surface area (Å²) in [4.78, 5) is 4.55. The molecule has 2 N–H and O–H groups in total. The summed E-state index contributed by atoms with van der Waals surface area (Å²) in [5.41, 5.74) is 8.89. The van der Waals surface area contributed by atoms with Gasteiger partial charge >= 0.3 is 0 Å². The molecule has 0 fully saturated rings. The summed E-state index contributed by atoms with van der Waals surface area (Å²) in [7, 11) is 2.00. The number of hydrogen-bond donors (Lipinski definition) is 1. The Balaban J connectivity index is 2.52. The van der Waals surface area contributed by atoms with Gasteiger partial charge in [-0.1, -0.05) is 28.1 Å². The molecule has 2 aromatic rings. The maximum atomic E-state index is 5.70. The van der Waals surface area contributed by atoms with Crippen LogP contribution in [0.2, 0.25) is 0 Å². The third kappa shape index (κ3) is 1.90. The molecule has 4 heteroatoms. The molecule has 84 valence electrons. The van der Waals surface area contributed by atoms with Crippen molar-refractivity contribution < 1.29 is 0 Å². The lowest BCUT2D eigenvalue weighted by Crippen LogP contribution is -2.05. The first kappa shape index (κ1) is 11.4. The van der Waals surface area contributed by atoms with E-state index >= 15 is 0 Å². The molecule has 0 atom stereocenters. The van der Waals surface area contributed by atoms with E-state index in [4.69, 9.17) is 5.73 Å². The van der Waals surface area contributed by atoms with Crippen LogP contribution in [0, 0.1) is 6.92 Å². The number of benzene rings is 1. The van der Waals surface area contributed by atoms with Crippen molar-refractivity contribution in [1.82, 2.24) is 9.55 Å². The maximum Gasteiger partial charge on any atom is 0.140 e. The minimum Gasteiger partial charge on any atom is -0.330 e. The van der Waals surface area contributed by atoms with Crippen molar-refractivity contribution in [2.24, 2.45) is 12.8 Å². The Labute approximate surface area is 103 Å². The minimum atomic E-state index is 0.520. The molecule has 0 aliphatic rings. The zero-order valence-corrected chi connectivity index (χ0v) is 11.0. The average Bonchev–Trinajstić information content (AvgIpc) is 2.55. The minimum absolute atomic E-state index is 0.520. The van der Waals surface area contributed by atoms with Gasteiger partial charge in [0.25, 0.3) is 0 Å². The highest BCUT2D eigenvalue weighted by Gasteiger charge is 2.11. The third-order valence-electron chi connectivity index (χ3n) is 2.71. The smallest absolute Gasteiger partial charge is 0.140 e. The average molecular weight is 280 g/mol. The molecule has 1 aromatic heterocycles. The predicted octanol–water partition coefficient (Wildman–Crippen LogP) is 2.62. The Morgan fingerprint density at radius 2 is 1.94 bits per heavy atom. The molecule has 2 rings (SSSR count). The topological polar surface area (TPSA) is 43.8 Å². The number of halogens is 1. The van der Waals surface area contributed by atoms with E-state index in [1.807, 2.05) is 38.2 Å². The first-order valence-corrected chi connectivity index (χ1v) is 5.91. The molecule has 0 aliphatic carbocycles. The zero-order valence-electron chi connectivity index (χ0n) is 9.37. The van der Waals surface area contributed by atoms with Crippen molar-refractivity contribution in [3.8, 4) is 11.4 Å². The molecular weight excluding hydrogens is 266 g/mol. The number of rotatable bonds is 2. The molecule has 16 heavy (non-hydrogen) atoms. The van der Waals surface area contributed by atoms with Gasteiger partial charge in [0, 0.05) is 23.6 Å². The molecule has 1 heterocycles. The Morgan fingerprint density at radius 3 is 2.44 bits per heavy atom. The SMILES string of the molecule is Cc1nc(-c2ccc(Br)cc2)n(C)c1CN. The lowest BCUT2D eigenvalue weighted by Gasteiger charge is -2.04. The Kier molecular flexibility index (Phi) is 3.12. The van der Waals surface area contributed by atoms with E-state index in [1.54, 1.807) is 0 Å². The molecule has 0 saturated heterocycles. The van der Waals surface area contributed by atoms with Crippen LogP contribution in [0.15, 0.2) is 28.7 Å². The summed E-state index contributed by atoms with van der Waals surface area (Å²) in [5.74, 6) is 0.963. The van der Waals surface area contributed by atoms with E-state index in [0.29, 0.717) is 6.54 Å². The normalized spacial score (nSPS) is 10.8. The van der Waals surface area contributed by atoms with Gasteiger partial charge in [-0.05, 0) is 19.1 Å². The first-order chi connectivity index (χ1) is 7.63. The summed E-state index contributed by atoms with van der Waals surface area (Å²) in [6.07, 6.45) is 0. The largest absolute Gasteiger partial charge is 0.330 e. The van der Waals surface area contributed by atoms with E-state index < -0.39 is 0 Å². The Bertz CT molecular complexity index is 500. The van der Waals surface area contributed by atoms with Crippen LogP contribution in [-0.4, -0.2) is 9.55 Å². The van der Waals surface area contributed by atoms with E-state index in [9.17, 15) is 0 Å². The summed E-state index contributed by atoms with van der Waals surface area (Å²) in [5, 5.41) is 0. The van der Waals surface area contributed by atoms with Gasteiger partial charge in [-0.3, -0.25) is 0 Å². The standard InChI is InChI=1S/C12H14BrN3/c1-8-11(7-14)16(2)12(15-8)9-3-5-10(13)6-4-9/h3-6H,7,14H2,1-2H3. The maximum absolute atomic E-state index is 5.70. The van der Waals surface area contributed by atoms with E-state index in [1.165, 1.54) is 0 Å². The molecule has 3 nitrogen and oxygen atoms in total. The highest BCUT2D eigenvalue weighted by atomic mass is 79.9. The predicted molar refractivity (Wildman–Crippen MR) is 69.0 cm³/mol. The van der Waals surface area contributed by atoms with Crippen LogP contribution in [0.4, 0.5) is 0 Å². The van der Waals surface area contributed by atoms with Crippen LogP contribution in [0.5, 0.6) is 0 Å². The van der Waals surface area contributed by atoms with Crippen LogP contribution >= 0.6 is 15.9 Å². The van der Waals surface area contributed by atoms with Crippen molar-refractivity contribution in [2.45, 2.75) is 13.5 Å². The van der Waals surface area contributed by atoms with Crippen molar-refractivity contribution in [2.75, 3.05) is 0 Å². The highest BCUT2D eigenvalue weighted by molar-refractivity contribution is 9.10. The van der Waals surface area contributed by atoms with E-state index in [2.05, 4.69) is 25.5 Å². The summed E-state index contributed by atoms with van der Waals surface area (Å²) in [6.45, 7) is 2.51. The van der Waals surface area contributed by atoms with E-state index in [0.717, 1.165) is 27.2 Å². The summed E-state index contributed by atoms with van der Waals surface area (Å²) < 4.78 is 3.12. The van der Waals surface area contributed by atoms with Gasteiger partial charge < -0.3 is 10.3 Å². The summed E-state index contributed by atoms with van der Waals surface area (Å²) >= 11 is 3.42. The molecule has 0 radical (unpaired) electrons. The molecule has 0 amide bonds. The lowest BCUT2D eigenvalue weighted by atomic mass is 10.2. The number of aryl methyl sites for hydroxylation is 1. The van der Waals surface area contributed by atoms with Crippen molar-refractivity contribution in [3.63, 3.8) is 0 Å². The number of nitrogens with two attached hydrogens (primary N) is 1.